The zero-order valence-corrected chi connectivity index (χ0v) is 7.77. The molecular formula is C8H19NO. The van der Waals surface area contributed by atoms with Crippen molar-refractivity contribution in [3.63, 3.8) is 0 Å². The van der Waals surface area contributed by atoms with Gasteiger partial charge in [-0.3, -0.25) is 4.90 Å². The summed E-state index contributed by atoms with van der Waals surface area (Å²) in [6.07, 6.45) is 0. The molecule has 0 radical (unpaired) electrons. The fraction of sp³-hybridized carbons (Fsp3) is 1.00. The first-order valence-corrected chi connectivity index (χ1v) is 3.74. The molecule has 0 atom stereocenters. The molecule has 0 saturated heterocycles. The maximum absolute atomic E-state index is 5.09. The number of rotatable bonds is 4. The van der Waals surface area contributed by atoms with Crippen molar-refractivity contribution in [1.29, 1.82) is 0 Å². The lowest BCUT2D eigenvalue weighted by atomic mass is 10.1. The molecule has 0 aliphatic rings. The first kappa shape index (κ1) is 9.92. The minimum Gasteiger partial charge on any atom is -0.383 e. The van der Waals surface area contributed by atoms with Gasteiger partial charge in [-0.05, 0) is 27.4 Å². The Labute approximate surface area is 64.2 Å². The molecule has 0 saturated carbocycles. The second-order valence-electron chi connectivity index (χ2n) is 3.26. The lowest BCUT2D eigenvalue weighted by Gasteiger charge is -2.33. The highest BCUT2D eigenvalue weighted by Crippen LogP contribution is 2.10. The summed E-state index contributed by atoms with van der Waals surface area (Å²) < 4.78 is 5.09. The van der Waals surface area contributed by atoms with Gasteiger partial charge in [0.05, 0.1) is 6.61 Å². The van der Waals surface area contributed by atoms with E-state index in [0.717, 1.165) is 13.2 Å². The van der Waals surface area contributed by atoms with Crippen LogP contribution in [0.25, 0.3) is 0 Å². The Kier molecular flexibility index (Phi) is 3.91. The second-order valence-corrected chi connectivity index (χ2v) is 3.26. The van der Waals surface area contributed by atoms with Crippen LogP contribution in [0.2, 0.25) is 0 Å². The van der Waals surface area contributed by atoms with Gasteiger partial charge >= 0.3 is 0 Å². The first-order chi connectivity index (χ1) is 4.54. The SMILES string of the molecule is CCN(C)C(C)(C)COC. The summed E-state index contributed by atoms with van der Waals surface area (Å²) in [5.74, 6) is 0. The van der Waals surface area contributed by atoms with Crippen LogP contribution in [-0.2, 0) is 4.74 Å². The van der Waals surface area contributed by atoms with Crippen molar-refractivity contribution in [2.45, 2.75) is 26.3 Å². The molecule has 0 aromatic heterocycles. The predicted octanol–water partition coefficient (Wildman–Crippen LogP) is 1.36. The topological polar surface area (TPSA) is 12.5 Å². The highest BCUT2D eigenvalue weighted by molar-refractivity contribution is 4.77. The summed E-state index contributed by atoms with van der Waals surface area (Å²) in [6.45, 7) is 8.37. The molecule has 10 heavy (non-hydrogen) atoms. The summed E-state index contributed by atoms with van der Waals surface area (Å²) in [6, 6.07) is 0. The quantitative estimate of drug-likeness (QED) is 0.592. The average molecular weight is 145 g/mol. The van der Waals surface area contributed by atoms with Gasteiger partial charge in [-0.1, -0.05) is 6.92 Å². The Balaban J connectivity index is 3.82. The Morgan fingerprint density at radius 1 is 1.40 bits per heavy atom. The van der Waals surface area contributed by atoms with Crippen LogP contribution in [0.3, 0.4) is 0 Å². The summed E-state index contributed by atoms with van der Waals surface area (Å²) in [4.78, 5) is 2.27. The molecule has 0 unspecified atom stereocenters. The van der Waals surface area contributed by atoms with Crippen LogP contribution >= 0.6 is 0 Å². The van der Waals surface area contributed by atoms with Gasteiger partial charge in [0.15, 0.2) is 0 Å². The molecule has 0 rings (SSSR count). The second kappa shape index (κ2) is 3.94. The van der Waals surface area contributed by atoms with Crippen LogP contribution in [-0.4, -0.2) is 37.7 Å². The van der Waals surface area contributed by atoms with Gasteiger partial charge in [0.1, 0.15) is 0 Å². The van der Waals surface area contributed by atoms with Crippen LogP contribution in [0.5, 0.6) is 0 Å². The lowest BCUT2D eigenvalue weighted by molar-refractivity contribution is 0.0538. The molecule has 0 heterocycles. The Bertz CT molecular complexity index is 91.3. The molecule has 2 heteroatoms. The highest BCUT2D eigenvalue weighted by atomic mass is 16.5. The predicted molar refractivity (Wildman–Crippen MR) is 44.3 cm³/mol. The fourth-order valence-corrected chi connectivity index (χ4v) is 0.891. The third-order valence-corrected chi connectivity index (χ3v) is 2.01. The highest BCUT2D eigenvalue weighted by Gasteiger charge is 2.21. The third kappa shape index (κ3) is 2.67. The average Bonchev–Trinajstić information content (AvgIpc) is 1.86. The van der Waals surface area contributed by atoms with Crippen molar-refractivity contribution < 1.29 is 4.74 Å². The number of nitrogens with zero attached hydrogens (tertiary/aromatic N) is 1. The van der Waals surface area contributed by atoms with Crippen molar-refractivity contribution in [2.75, 3.05) is 27.3 Å². The van der Waals surface area contributed by atoms with E-state index < -0.39 is 0 Å². The number of hydrogen-bond donors (Lipinski definition) is 0. The number of likely N-dealkylation sites (N-methyl/N-ethyl adjacent to an activating group) is 1. The zero-order chi connectivity index (χ0) is 8.20. The zero-order valence-electron chi connectivity index (χ0n) is 7.77. The molecule has 0 aliphatic carbocycles. The van der Waals surface area contributed by atoms with Gasteiger partial charge in [-0.15, -0.1) is 0 Å². The lowest BCUT2D eigenvalue weighted by Crippen LogP contribution is -2.44. The van der Waals surface area contributed by atoms with E-state index in [1.165, 1.54) is 0 Å². The third-order valence-electron chi connectivity index (χ3n) is 2.01. The van der Waals surface area contributed by atoms with Crippen molar-refractivity contribution in [1.82, 2.24) is 4.90 Å². The van der Waals surface area contributed by atoms with Crippen LogP contribution in [0.15, 0.2) is 0 Å². The summed E-state index contributed by atoms with van der Waals surface area (Å²) in [5.41, 5.74) is 0.170. The van der Waals surface area contributed by atoms with Gasteiger partial charge in [0.25, 0.3) is 0 Å². The number of methoxy groups -OCH3 is 1. The van der Waals surface area contributed by atoms with E-state index in [2.05, 4.69) is 32.7 Å². The molecule has 62 valence electrons. The smallest absolute Gasteiger partial charge is 0.0641 e. The summed E-state index contributed by atoms with van der Waals surface area (Å²) in [5, 5.41) is 0. The van der Waals surface area contributed by atoms with Gasteiger partial charge in [-0.25, -0.2) is 0 Å². The monoisotopic (exact) mass is 145 g/mol. The maximum atomic E-state index is 5.09. The van der Waals surface area contributed by atoms with Crippen LogP contribution in [0.1, 0.15) is 20.8 Å². The molecule has 0 fully saturated rings. The van der Waals surface area contributed by atoms with Gasteiger partial charge in [-0.2, -0.15) is 0 Å². The summed E-state index contributed by atoms with van der Waals surface area (Å²) >= 11 is 0. The minimum atomic E-state index is 0.170. The van der Waals surface area contributed by atoms with E-state index in [9.17, 15) is 0 Å². The van der Waals surface area contributed by atoms with Crippen molar-refractivity contribution in [3.8, 4) is 0 Å². The fourth-order valence-electron chi connectivity index (χ4n) is 0.891. The van der Waals surface area contributed by atoms with Gasteiger partial charge in [0, 0.05) is 12.6 Å². The van der Waals surface area contributed by atoms with Gasteiger partial charge in [0.2, 0.25) is 0 Å². The van der Waals surface area contributed by atoms with Crippen molar-refractivity contribution in [2.24, 2.45) is 0 Å². The molecule has 0 aromatic carbocycles. The molecule has 2 nitrogen and oxygen atoms in total. The van der Waals surface area contributed by atoms with E-state index in [1.54, 1.807) is 7.11 Å². The normalized spacial score (nSPS) is 12.6. The maximum Gasteiger partial charge on any atom is 0.0641 e. The standard InChI is InChI=1S/C8H19NO/c1-6-9(4)8(2,3)7-10-5/h6-7H2,1-5H3. The van der Waals surface area contributed by atoms with Crippen LogP contribution < -0.4 is 0 Å². The van der Waals surface area contributed by atoms with E-state index >= 15 is 0 Å². The molecular weight excluding hydrogens is 126 g/mol. The van der Waals surface area contributed by atoms with Crippen LogP contribution in [0, 0.1) is 0 Å². The number of hydrogen-bond acceptors (Lipinski definition) is 2. The largest absolute Gasteiger partial charge is 0.383 e. The molecule has 0 aliphatic heterocycles. The Hall–Kier alpha value is -0.0800. The minimum absolute atomic E-state index is 0.170. The summed E-state index contributed by atoms with van der Waals surface area (Å²) in [7, 11) is 3.85. The van der Waals surface area contributed by atoms with E-state index in [4.69, 9.17) is 4.74 Å². The van der Waals surface area contributed by atoms with Gasteiger partial charge < -0.3 is 4.74 Å². The number of ether oxygens (including phenoxy) is 1. The Morgan fingerprint density at radius 2 is 1.90 bits per heavy atom. The molecule has 0 N–H and O–H groups in total. The van der Waals surface area contributed by atoms with Crippen LogP contribution in [0.4, 0.5) is 0 Å². The van der Waals surface area contributed by atoms with E-state index in [1.807, 2.05) is 0 Å². The molecule has 0 amide bonds. The molecule has 0 aromatic rings. The van der Waals surface area contributed by atoms with E-state index in [-0.39, 0.29) is 5.54 Å². The van der Waals surface area contributed by atoms with Crippen molar-refractivity contribution >= 4 is 0 Å². The molecule has 0 spiro atoms. The van der Waals surface area contributed by atoms with E-state index in [0.29, 0.717) is 0 Å². The van der Waals surface area contributed by atoms with Crippen molar-refractivity contribution in [3.05, 3.63) is 0 Å². The molecule has 0 bridgehead atoms. The first-order valence-electron chi connectivity index (χ1n) is 3.74. The Morgan fingerprint density at radius 3 is 2.20 bits per heavy atom.